The lowest BCUT2D eigenvalue weighted by atomic mass is 10.1. The van der Waals surface area contributed by atoms with Gasteiger partial charge in [-0.3, -0.25) is 0 Å². The van der Waals surface area contributed by atoms with E-state index < -0.39 is 0 Å². The van der Waals surface area contributed by atoms with Crippen molar-refractivity contribution in [1.82, 2.24) is 0 Å². The van der Waals surface area contributed by atoms with Crippen LogP contribution in [0.25, 0.3) is 6.08 Å². The number of nitriles is 1. The Balaban J connectivity index is 2.86. The van der Waals surface area contributed by atoms with Gasteiger partial charge in [0, 0.05) is 12.3 Å². The second-order valence-corrected chi connectivity index (χ2v) is 2.87. The highest BCUT2D eigenvalue weighted by molar-refractivity contribution is 5.61. The lowest BCUT2D eigenvalue weighted by Gasteiger charge is -1.98. The number of nitrogens with two attached hydrogens (primary N) is 1. The summed E-state index contributed by atoms with van der Waals surface area (Å²) < 4.78 is 0. The zero-order valence-corrected chi connectivity index (χ0v) is 7.77. The van der Waals surface area contributed by atoms with Crippen molar-refractivity contribution in [3.8, 4) is 6.07 Å². The van der Waals surface area contributed by atoms with E-state index in [2.05, 4.69) is 0 Å². The molecular weight excluding hydrogens is 176 g/mol. The predicted molar refractivity (Wildman–Crippen MR) is 56.3 cm³/mol. The van der Waals surface area contributed by atoms with Gasteiger partial charge in [0.15, 0.2) is 0 Å². The first kappa shape index (κ1) is 10.3. The fourth-order valence-electron chi connectivity index (χ4n) is 1.07. The van der Waals surface area contributed by atoms with Gasteiger partial charge in [-0.15, -0.1) is 0 Å². The van der Waals surface area contributed by atoms with Gasteiger partial charge in [-0.25, -0.2) is 0 Å². The molecule has 1 aromatic rings. The maximum absolute atomic E-state index is 8.72. The van der Waals surface area contributed by atoms with Gasteiger partial charge >= 0.3 is 0 Å². The Morgan fingerprint density at radius 3 is 2.93 bits per heavy atom. The standard InChI is InChI=1S/C11H12N2O/c12-8-10-7-9(3-1-2-6-14)4-5-11(10)13/h1,3-5,7,14H,2,6,13H2. The number of nitrogens with zero attached hydrogens (tertiary/aromatic N) is 1. The normalized spacial score (nSPS) is 10.3. The van der Waals surface area contributed by atoms with E-state index in [1.54, 1.807) is 12.1 Å². The van der Waals surface area contributed by atoms with Crippen molar-refractivity contribution in [2.75, 3.05) is 12.3 Å². The molecule has 0 heterocycles. The number of benzene rings is 1. The molecule has 0 atom stereocenters. The molecule has 0 aliphatic heterocycles. The van der Waals surface area contributed by atoms with E-state index in [9.17, 15) is 0 Å². The molecule has 0 saturated carbocycles. The lowest BCUT2D eigenvalue weighted by Crippen LogP contribution is -1.90. The van der Waals surface area contributed by atoms with Crippen LogP contribution in [-0.4, -0.2) is 11.7 Å². The van der Waals surface area contributed by atoms with Crippen LogP contribution in [-0.2, 0) is 0 Å². The molecule has 1 aromatic carbocycles. The monoisotopic (exact) mass is 188 g/mol. The van der Waals surface area contributed by atoms with Crippen LogP contribution in [0.5, 0.6) is 0 Å². The van der Waals surface area contributed by atoms with Crippen LogP contribution in [0, 0.1) is 11.3 Å². The summed E-state index contributed by atoms with van der Waals surface area (Å²) in [7, 11) is 0. The highest BCUT2D eigenvalue weighted by atomic mass is 16.2. The number of nitrogen functional groups attached to an aromatic ring is 1. The summed E-state index contributed by atoms with van der Waals surface area (Å²) in [6, 6.07) is 7.29. The van der Waals surface area contributed by atoms with Gasteiger partial charge in [-0.1, -0.05) is 18.2 Å². The molecule has 0 amide bonds. The zero-order chi connectivity index (χ0) is 10.4. The molecule has 0 spiro atoms. The predicted octanol–water partition coefficient (Wildman–Crippen LogP) is 1.54. The molecule has 1 rings (SSSR count). The quantitative estimate of drug-likeness (QED) is 0.707. The van der Waals surface area contributed by atoms with E-state index >= 15 is 0 Å². The Kier molecular flexibility index (Phi) is 3.71. The van der Waals surface area contributed by atoms with Crippen molar-refractivity contribution in [2.24, 2.45) is 0 Å². The van der Waals surface area contributed by atoms with E-state index in [0.29, 0.717) is 17.7 Å². The van der Waals surface area contributed by atoms with E-state index in [4.69, 9.17) is 16.1 Å². The molecule has 0 fully saturated rings. The van der Waals surface area contributed by atoms with Crippen molar-refractivity contribution in [2.45, 2.75) is 6.42 Å². The Morgan fingerprint density at radius 1 is 1.50 bits per heavy atom. The molecule has 0 saturated heterocycles. The molecule has 0 aliphatic carbocycles. The van der Waals surface area contributed by atoms with Gasteiger partial charge in [-0.2, -0.15) is 5.26 Å². The smallest absolute Gasteiger partial charge is 0.101 e. The molecule has 0 radical (unpaired) electrons. The lowest BCUT2D eigenvalue weighted by molar-refractivity contribution is 0.303. The van der Waals surface area contributed by atoms with Crippen LogP contribution < -0.4 is 5.73 Å². The molecule has 0 aromatic heterocycles. The molecular formula is C11H12N2O. The molecule has 14 heavy (non-hydrogen) atoms. The van der Waals surface area contributed by atoms with E-state index in [1.807, 2.05) is 24.3 Å². The first-order valence-corrected chi connectivity index (χ1v) is 4.35. The summed E-state index contributed by atoms with van der Waals surface area (Å²) in [4.78, 5) is 0. The minimum absolute atomic E-state index is 0.135. The minimum atomic E-state index is 0.135. The van der Waals surface area contributed by atoms with Crippen molar-refractivity contribution in [3.05, 3.63) is 35.4 Å². The second-order valence-electron chi connectivity index (χ2n) is 2.87. The molecule has 3 heteroatoms. The zero-order valence-electron chi connectivity index (χ0n) is 7.77. The van der Waals surface area contributed by atoms with Crippen LogP contribution in [0.3, 0.4) is 0 Å². The summed E-state index contributed by atoms with van der Waals surface area (Å²) >= 11 is 0. The van der Waals surface area contributed by atoms with Gasteiger partial charge in [0.2, 0.25) is 0 Å². The summed E-state index contributed by atoms with van der Waals surface area (Å²) in [6.45, 7) is 0.135. The topological polar surface area (TPSA) is 70.0 Å². The average Bonchev–Trinajstić information content (AvgIpc) is 2.21. The summed E-state index contributed by atoms with van der Waals surface area (Å²) in [5.41, 5.74) is 7.46. The highest BCUT2D eigenvalue weighted by Gasteiger charge is 1.96. The molecule has 0 bridgehead atoms. The molecule has 0 aliphatic rings. The van der Waals surface area contributed by atoms with E-state index in [1.165, 1.54) is 0 Å². The van der Waals surface area contributed by atoms with Gasteiger partial charge in [0.25, 0.3) is 0 Å². The maximum atomic E-state index is 8.72. The van der Waals surface area contributed by atoms with Gasteiger partial charge in [-0.05, 0) is 24.1 Å². The third kappa shape index (κ3) is 2.61. The third-order valence-corrected chi connectivity index (χ3v) is 1.80. The van der Waals surface area contributed by atoms with Crippen LogP contribution in [0.4, 0.5) is 5.69 Å². The van der Waals surface area contributed by atoms with Gasteiger partial charge in [0.05, 0.1) is 5.56 Å². The average molecular weight is 188 g/mol. The molecule has 3 nitrogen and oxygen atoms in total. The van der Waals surface area contributed by atoms with E-state index in [0.717, 1.165) is 5.56 Å². The summed E-state index contributed by atoms with van der Waals surface area (Å²) in [5.74, 6) is 0. The fourth-order valence-corrected chi connectivity index (χ4v) is 1.07. The first-order valence-electron chi connectivity index (χ1n) is 4.35. The Labute approximate surface area is 83.1 Å². The summed E-state index contributed by atoms with van der Waals surface area (Å²) in [6.07, 6.45) is 4.33. The minimum Gasteiger partial charge on any atom is -0.398 e. The Morgan fingerprint density at radius 2 is 2.29 bits per heavy atom. The number of hydrogen-bond acceptors (Lipinski definition) is 3. The molecule has 3 N–H and O–H groups in total. The SMILES string of the molecule is N#Cc1cc(C=CCCO)ccc1N. The van der Waals surface area contributed by atoms with Crippen molar-refractivity contribution in [3.63, 3.8) is 0 Å². The van der Waals surface area contributed by atoms with Crippen molar-refractivity contribution in [1.29, 1.82) is 5.26 Å². The van der Waals surface area contributed by atoms with Crippen molar-refractivity contribution < 1.29 is 5.11 Å². The maximum Gasteiger partial charge on any atom is 0.101 e. The fraction of sp³-hybridized carbons (Fsp3) is 0.182. The Bertz CT molecular complexity index is 377. The first-order chi connectivity index (χ1) is 6.77. The number of aliphatic hydroxyl groups excluding tert-OH is 1. The van der Waals surface area contributed by atoms with Gasteiger partial charge < -0.3 is 10.8 Å². The van der Waals surface area contributed by atoms with E-state index in [-0.39, 0.29) is 6.61 Å². The Hall–Kier alpha value is -1.79. The number of rotatable bonds is 3. The van der Waals surface area contributed by atoms with Gasteiger partial charge in [0.1, 0.15) is 6.07 Å². The number of hydrogen-bond donors (Lipinski definition) is 2. The second kappa shape index (κ2) is 5.05. The van der Waals surface area contributed by atoms with Crippen molar-refractivity contribution >= 4 is 11.8 Å². The number of anilines is 1. The largest absolute Gasteiger partial charge is 0.398 e. The van der Waals surface area contributed by atoms with Crippen LogP contribution >= 0.6 is 0 Å². The van der Waals surface area contributed by atoms with Crippen LogP contribution in [0.1, 0.15) is 17.5 Å². The van der Waals surface area contributed by atoms with Crippen LogP contribution in [0.15, 0.2) is 24.3 Å². The number of aliphatic hydroxyl groups is 1. The molecule has 0 unspecified atom stereocenters. The highest BCUT2D eigenvalue weighted by Crippen LogP contribution is 2.14. The summed E-state index contributed by atoms with van der Waals surface area (Å²) in [5, 5.41) is 17.3. The third-order valence-electron chi connectivity index (χ3n) is 1.80. The molecule has 72 valence electrons. The van der Waals surface area contributed by atoms with Crippen LogP contribution in [0.2, 0.25) is 0 Å².